The number of fused-ring (bicyclic) bond motifs is 3. The van der Waals surface area contributed by atoms with Gasteiger partial charge in [-0.25, -0.2) is 0 Å². The summed E-state index contributed by atoms with van der Waals surface area (Å²) >= 11 is 0. The van der Waals surface area contributed by atoms with E-state index in [4.69, 9.17) is 0 Å². The van der Waals surface area contributed by atoms with Gasteiger partial charge in [-0.05, 0) is 99.1 Å². The normalized spacial score (nSPS) is 11.2. The highest BCUT2D eigenvalue weighted by Crippen LogP contribution is 2.45. The first-order valence-corrected chi connectivity index (χ1v) is 19.2. The molecule has 2 nitrogen and oxygen atoms in total. The Kier molecular flexibility index (Phi) is 8.55. The van der Waals surface area contributed by atoms with Gasteiger partial charge in [0.2, 0.25) is 0 Å². The summed E-state index contributed by atoms with van der Waals surface area (Å²) in [6, 6.07) is 83.0. The summed E-state index contributed by atoms with van der Waals surface area (Å²) in [5.41, 5.74) is 16.4. The third-order valence-corrected chi connectivity index (χ3v) is 10.8. The molecule has 2 heteroatoms. The van der Waals surface area contributed by atoms with Gasteiger partial charge in [0.25, 0.3) is 0 Å². The number of hydrogen-bond acceptors (Lipinski definition) is 1. The lowest BCUT2D eigenvalue weighted by Crippen LogP contribution is -2.10. The van der Waals surface area contributed by atoms with Crippen molar-refractivity contribution in [3.63, 3.8) is 0 Å². The van der Waals surface area contributed by atoms with Gasteiger partial charge in [-0.3, -0.25) is 0 Å². The molecule has 0 unspecified atom stereocenters. The summed E-state index contributed by atoms with van der Waals surface area (Å²) in [7, 11) is 0. The van der Waals surface area contributed by atoms with Crippen molar-refractivity contribution in [2.75, 3.05) is 4.90 Å². The van der Waals surface area contributed by atoms with E-state index in [0.29, 0.717) is 0 Å². The highest BCUT2D eigenvalue weighted by molar-refractivity contribution is 6.16. The molecule has 264 valence electrons. The van der Waals surface area contributed by atoms with Crippen molar-refractivity contribution in [1.29, 1.82) is 0 Å². The summed E-state index contributed by atoms with van der Waals surface area (Å²) in [4.78, 5) is 2.40. The second-order valence-electron chi connectivity index (χ2n) is 14.1. The van der Waals surface area contributed by atoms with Crippen LogP contribution in [0.15, 0.2) is 231 Å². The average Bonchev–Trinajstić information content (AvgIpc) is 3.63. The van der Waals surface area contributed by atoms with Crippen LogP contribution in [0, 0.1) is 0 Å². The minimum absolute atomic E-state index is 1.10. The minimum Gasteiger partial charge on any atom is -0.310 e. The van der Waals surface area contributed by atoms with Crippen molar-refractivity contribution in [1.82, 2.24) is 4.57 Å². The zero-order valence-electron chi connectivity index (χ0n) is 30.8. The molecule has 0 saturated carbocycles. The molecule has 1 aromatic heterocycles. The molecule has 10 aromatic rings. The quantitative estimate of drug-likeness (QED) is 0.152. The second kappa shape index (κ2) is 14.4. The summed E-state index contributed by atoms with van der Waals surface area (Å²) in [6.45, 7) is 0. The van der Waals surface area contributed by atoms with E-state index in [-0.39, 0.29) is 0 Å². The van der Waals surface area contributed by atoms with Crippen molar-refractivity contribution in [3.8, 4) is 50.2 Å². The van der Waals surface area contributed by atoms with Gasteiger partial charge in [0.05, 0.1) is 16.7 Å². The number of anilines is 3. The predicted octanol–water partition coefficient (Wildman–Crippen LogP) is 14.9. The molecule has 0 fully saturated rings. The van der Waals surface area contributed by atoms with Gasteiger partial charge in [0, 0.05) is 27.8 Å². The van der Waals surface area contributed by atoms with Gasteiger partial charge in [-0.1, -0.05) is 176 Å². The predicted molar refractivity (Wildman–Crippen MR) is 237 cm³/mol. The summed E-state index contributed by atoms with van der Waals surface area (Å²) in [5.74, 6) is 0. The van der Waals surface area contributed by atoms with E-state index in [0.717, 1.165) is 33.8 Å². The lowest BCUT2D eigenvalue weighted by Gasteiger charge is -2.26. The first-order valence-electron chi connectivity index (χ1n) is 19.2. The Balaban J connectivity index is 1.20. The molecule has 0 aliphatic heterocycles. The average molecular weight is 715 g/mol. The van der Waals surface area contributed by atoms with Gasteiger partial charge >= 0.3 is 0 Å². The first kappa shape index (κ1) is 33.2. The van der Waals surface area contributed by atoms with Gasteiger partial charge in [-0.15, -0.1) is 0 Å². The van der Waals surface area contributed by atoms with Crippen molar-refractivity contribution in [2.24, 2.45) is 0 Å². The molecule has 56 heavy (non-hydrogen) atoms. The van der Waals surface area contributed by atoms with E-state index in [9.17, 15) is 0 Å². The monoisotopic (exact) mass is 714 g/mol. The van der Waals surface area contributed by atoms with Crippen LogP contribution in [0.25, 0.3) is 72.0 Å². The smallest absolute Gasteiger partial charge is 0.0562 e. The maximum Gasteiger partial charge on any atom is 0.0562 e. The molecule has 0 aliphatic rings. The van der Waals surface area contributed by atoms with Crippen LogP contribution in [0.1, 0.15) is 0 Å². The molecule has 0 radical (unpaired) electrons. The molecule has 9 aromatic carbocycles. The topological polar surface area (TPSA) is 8.17 Å². The number of para-hydroxylation sites is 2. The Morgan fingerprint density at radius 3 is 1.48 bits per heavy atom. The van der Waals surface area contributed by atoms with Crippen LogP contribution < -0.4 is 4.90 Å². The zero-order valence-corrected chi connectivity index (χ0v) is 30.8. The van der Waals surface area contributed by atoms with Gasteiger partial charge in [0.15, 0.2) is 0 Å². The highest BCUT2D eigenvalue weighted by atomic mass is 15.1. The number of benzene rings is 9. The van der Waals surface area contributed by atoms with Crippen LogP contribution in [-0.2, 0) is 0 Å². The maximum absolute atomic E-state index is 2.44. The van der Waals surface area contributed by atoms with Crippen molar-refractivity contribution < 1.29 is 0 Å². The molecule has 0 aliphatic carbocycles. The molecular formula is C54H38N2. The van der Waals surface area contributed by atoms with Crippen LogP contribution in [0.2, 0.25) is 0 Å². The molecule has 1 heterocycles. The van der Waals surface area contributed by atoms with E-state index >= 15 is 0 Å². The number of nitrogens with zero attached hydrogens (tertiary/aromatic N) is 2. The van der Waals surface area contributed by atoms with Gasteiger partial charge < -0.3 is 9.47 Å². The standard InChI is InChI=1S/C54H38N2/c1-5-18-39(19-6-1)40-32-34-44(35-33-40)55(43-24-11-4-12-25-43)52-30-17-31-53-54(52)49-28-15-16-29-51(49)56(53)45-36-37-47(42-22-9-3-10-23-42)50(38-45)48-27-14-13-26-46(48)41-20-7-2-8-21-41/h1-38H. The molecule has 0 saturated heterocycles. The lowest BCUT2D eigenvalue weighted by atomic mass is 9.89. The Hall–Kier alpha value is -7.42. The fraction of sp³-hybridized carbons (Fsp3) is 0. The summed E-state index contributed by atoms with van der Waals surface area (Å²) < 4.78 is 2.44. The fourth-order valence-corrected chi connectivity index (χ4v) is 8.25. The number of aromatic nitrogens is 1. The molecule has 10 rings (SSSR count). The molecular weight excluding hydrogens is 677 g/mol. The Morgan fingerprint density at radius 2 is 0.804 bits per heavy atom. The Bertz CT molecular complexity index is 2930. The van der Waals surface area contributed by atoms with Gasteiger partial charge in [0.1, 0.15) is 0 Å². The zero-order chi connectivity index (χ0) is 37.3. The molecule has 0 spiro atoms. The van der Waals surface area contributed by atoms with Crippen molar-refractivity contribution in [3.05, 3.63) is 231 Å². The maximum atomic E-state index is 2.44. The van der Waals surface area contributed by atoms with Crippen molar-refractivity contribution in [2.45, 2.75) is 0 Å². The number of rotatable bonds is 8. The third kappa shape index (κ3) is 5.95. The van der Waals surface area contributed by atoms with Gasteiger partial charge in [-0.2, -0.15) is 0 Å². The van der Waals surface area contributed by atoms with E-state index < -0.39 is 0 Å². The number of hydrogen-bond donors (Lipinski definition) is 0. The third-order valence-electron chi connectivity index (χ3n) is 10.8. The highest BCUT2D eigenvalue weighted by Gasteiger charge is 2.22. The molecule has 0 amide bonds. The van der Waals surface area contributed by atoms with Crippen LogP contribution >= 0.6 is 0 Å². The summed E-state index contributed by atoms with van der Waals surface area (Å²) in [5, 5.41) is 2.41. The minimum atomic E-state index is 1.10. The van der Waals surface area contributed by atoms with Crippen LogP contribution in [0.4, 0.5) is 17.1 Å². The summed E-state index contributed by atoms with van der Waals surface area (Å²) in [6.07, 6.45) is 0. The lowest BCUT2D eigenvalue weighted by molar-refractivity contribution is 1.18. The molecule has 0 bridgehead atoms. The largest absolute Gasteiger partial charge is 0.310 e. The van der Waals surface area contributed by atoms with E-state index in [1.165, 1.54) is 55.3 Å². The first-order chi connectivity index (χ1) is 27.8. The Morgan fingerprint density at radius 1 is 0.304 bits per heavy atom. The fourth-order valence-electron chi connectivity index (χ4n) is 8.25. The van der Waals surface area contributed by atoms with Crippen LogP contribution in [-0.4, -0.2) is 4.57 Å². The van der Waals surface area contributed by atoms with E-state index in [1.54, 1.807) is 0 Å². The van der Waals surface area contributed by atoms with Crippen LogP contribution in [0.5, 0.6) is 0 Å². The Labute approximate surface area is 327 Å². The van der Waals surface area contributed by atoms with Crippen LogP contribution in [0.3, 0.4) is 0 Å². The SMILES string of the molecule is c1ccc(-c2ccc(N(c3ccccc3)c3cccc4c3c3ccccc3n4-c3ccc(-c4ccccc4)c(-c4ccccc4-c4ccccc4)c3)cc2)cc1. The van der Waals surface area contributed by atoms with E-state index in [2.05, 4.69) is 240 Å². The molecule has 0 atom stereocenters. The van der Waals surface area contributed by atoms with E-state index in [1.807, 2.05) is 0 Å². The molecule has 0 N–H and O–H groups in total. The van der Waals surface area contributed by atoms with Crippen molar-refractivity contribution >= 4 is 38.9 Å². The second-order valence-corrected chi connectivity index (χ2v) is 14.1.